The highest BCUT2D eigenvalue weighted by molar-refractivity contribution is 7.98. The van der Waals surface area contributed by atoms with Crippen LogP contribution in [-0.4, -0.2) is 23.4 Å². The van der Waals surface area contributed by atoms with Crippen LogP contribution in [0.3, 0.4) is 0 Å². The molecule has 0 aliphatic carbocycles. The SMILES string of the molecule is CC(CO)CSCc1c(C(=O)NN)sc2ccccc12. The fraction of sp³-hybridized carbons (Fsp3) is 0.357. The van der Waals surface area contributed by atoms with Crippen molar-refractivity contribution < 1.29 is 9.90 Å². The van der Waals surface area contributed by atoms with Gasteiger partial charge in [0.2, 0.25) is 0 Å². The summed E-state index contributed by atoms with van der Waals surface area (Å²) in [5, 5.41) is 10.2. The number of aliphatic hydroxyl groups excluding tert-OH is 1. The van der Waals surface area contributed by atoms with Gasteiger partial charge in [0.25, 0.3) is 5.91 Å². The molecule has 1 amide bonds. The van der Waals surface area contributed by atoms with Crippen molar-refractivity contribution in [3.05, 3.63) is 34.7 Å². The molecule has 6 heteroatoms. The number of hydrazine groups is 1. The number of amides is 1. The summed E-state index contributed by atoms with van der Waals surface area (Å²) in [6.45, 7) is 2.19. The quantitative estimate of drug-likeness (QED) is 0.435. The van der Waals surface area contributed by atoms with Crippen molar-refractivity contribution in [1.29, 1.82) is 0 Å². The summed E-state index contributed by atoms with van der Waals surface area (Å²) < 4.78 is 1.09. The van der Waals surface area contributed by atoms with Gasteiger partial charge in [0, 0.05) is 17.1 Å². The van der Waals surface area contributed by atoms with Gasteiger partial charge in [-0.3, -0.25) is 10.2 Å². The lowest BCUT2D eigenvalue weighted by Crippen LogP contribution is -2.29. The van der Waals surface area contributed by atoms with E-state index >= 15 is 0 Å². The van der Waals surface area contributed by atoms with Crippen molar-refractivity contribution in [2.24, 2.45) is 11.8 Å². The van der Waals surface area contributed by atoms with E-state index in [1.165, 1.54) is 11.3 Å². The zero-order valence-electron chi connectivity index (χ0n) is 11.3. The zero-order chi connectivity index (χ0) is 14.5. The summed E-state index contributed by atoms with van der Waals surface area (Å²) in [5.41, 5.74) is 3.25. The van der Waals surface area contributed by atoms with Gasteiger partial charge in [0.05, 0.1) is 4.88 Å². The molecule has 108 valence electrons. The molecule has 0 radical (unpaired) electrons. The number of nitrogens with two attached hydrogens (primary N) is 1. The Kier molecular flexibility index (Phi) is 5.42. The van der Waals surface area contributed by atoms with E-state index in [1.54, 1.807) is 11.8 Å². The van der Waals surface area contributed by atoms with E-state index in [1.807, 2.05) is 31.2 Å². The minimum absolute atomic E-state index is 0.188. The fourth-order valence-electron chi connectivity index (χ4n) is 1.91. The van der Waals surface area contributed by atoms with Crippen LogP contribution < -0.4 is 11.3 Å². The van der Waals surface area contributed by atoms with Crippen molar-refractivity contribution in [3.63, 3.8) is 0 Å². The Hall–Kier alpha value is -1.08. The Morgan fingerprint density at radius 3 is 2.95 bits per heavy atom. The van der Waals surface area contributed by atoms with Crippen LogP contribution in [0.2, 0.25) is 0 Å². The maximum absolute atomic E-state index is 11.9. The van der Waals surface area contributed by atoms with Gasteiger partial charge in [-0.1, -0.05) is 25.1 Å². The van der Waals surface area contributed by atoms with Crippen molar-refractivity contribution in [1.82, 2.24) is 5.43 Å². The summed E-state index contributed by atoms with van der Waals surface area (Å²) >= 11 is 3.19. The second-order valence-corrected chi connectivity index (χ2v) is 6.76. The first-order valence-electron chi connectivity index (χ1n) is 6.37. The number of thiophene rings is 1. The first-order valence-corrected chi connectivity index (χ1v) is 8.34. The van der Waals surface area contributed by atoms with E-state index in [4.69, 9.17) is 10.9 Å². The molecule has 2 rings (SSSR count). The van der Waals surface area contributed by atoms with Crippen molar-refractivity contribution in [3.8, 4) is 0 Å². The minimum atomic E-state index is -0.239. The maximum atomic E-state index is 11.9. The van der Waals surface area contributed by atoms with E-state index < -0.39 is 0 Å². The highest BCUT2D eigenvalue weighted by Gasteiger charge is 2.17. The van der Waals surface area contributed by atoms with Gasteiger partial charge >= 0.3 is 0 Å². The van der Waals surface area contributed by atoms with Crippen LogP contribution in [0.1, 0.15) is 22.2 Å². The maximum Gasteiger partial charge on any atom is 0.275 e. The largest absolute Gasteiger partial charge is 0.396 e. The van der Waals surface area contributed by atoms with Crippen LogP contribution in [0.5, 0.6) is 0 Å². The van der Waals surface area contributed by atoms with Gasteiger partial charge in [-0.25, -0.2) is 5.84 Å². The number of aliphatic hydroxyl groups is 1. The molecule has 0 aliphatic rings. The lowest BCUT2D eigenvalue weighted by molar-refractivity contribution is 0.0957. The van der Waals surface area contributed by atoms with Crippen LogP contribution in [0.15, 0.2) is 24.3 Å². The van der Waals surface area contributed by atoms with E-state index in [0.717, 1.165) is 27.2 Å². The Morgan fingerprint density at radius 2 is 2.25 bits per heavy atom. The molecule has 1 aromatic heterocycles. The summed E-state index contributed by atoms with van der Waals surface area (Å²) in [4.78, 5) is 12.6. The van der Waals surface area contributed by atoms with Gasteiger partial charge in [-0.15, -0.1) is 11.3 Å². The number of nitrogen functional groups attached to an aromatic ring is 1. The number of hydrogen-bond acceptors (Lipinski definition) is 5. The first-order chi connectivity index (χ1) is 9.67. The average Bonchev–Trinajstić information content (AvgIpc) is 2.85. The Labute approximate surface area is 126 Å². The second-order valence-electron chi connectivity index (χ2n) is 4.68. The molecule has 4 N–H and O–H groups in total. The first kappa shape index (κ1) is 15.3. The second kappa shape index (κ2) is 7.08. The van der Waals surface area contributed by atoms with E-state index in [0.29, 0.717) is 4.88 Å². The Bertz CT molecular complexity index is 598. The topological polar surface area (TPSA) is 75.3 Å². The van der Waals surface area contributed by atoms with E-state index in [2.05, 4.69) is 5.43 Å². The summed E-state index contributed by atoms with van der Waals surface area (Å²) in [5.74, 6) is 6.89. The zero-order valence-corrected chi connectivity index (χ0v) is 12.9. The average molecular weight is 310 g/mol. The number of thioether (sulfide) groups is 1. The molecule has 0 aliphatic heterocycles. The predicted octanol–water partition coefficient (Wildman–Crippen LogP) is 2.37. The van der Waals surface area contributed by atoms with Gasteiger partial charge in [0.15, 0.2) is 0 Å². The number of fused-ring (bicyclic) bond motifs is 1. The Morgan fingerprint density at radius 1 is 1.50 bits per heavy atom. The molecular weight excluding hydrogens is 292 g/mol. The summed E-state index contributed by atoms with van der Waals surface area (Å²) in [7, 11) is 0. The fourth-order valence-corrected chi connectivity index (χ4v) is 4.25. The third-order valence-electron chi connectivity index (χ3n) is 3.00. The van der Waals surface area contributed by atoms with Crippen molar-refractivity contribution in [2.75, 3.05) is 12.4 Å². The van der Waals surface area contributed by atoms with Gasteiger partial charge < -0.3 is 5.11 Å². The van der Waals surface area contributed by atoms with Gasteiger partial charge in [0.1, 0.15) is 0 Å². The number of benzene rings is 1. The van der Waals surface area contributed by atoms with Crippen molar-refractivity contribution >= 4 is 39.1 Å². The highest BCUT2D eigenvalue weighted by Crippen LogP contribution is 2.34. The smallest absolute Gasteiger partial charge is 0.275 e. The molecule has 1 atom stereocenters. The summed E-state index contributed by atoms with van der Waals surface area (Å²) in [6, 6.07) is 7.99. The molecule has 0 bridgehead atoms. The van der Waals surface area contributed by atoms with Crippen molar-refractivity contribution in [2.45, 2.75) is 12.7 Å². The molecule has 1 aromatic carbocycles. The third kappa shape index (κ3) is 3.32. The molecule has 0 saturated carbocycles. The number of carbonyl (C=O) groups is 1. The predicted molar refractivity (Wildman–Crippen MR) is 85.9 cm³/mol. The molecule has 2 aromatic rings. The molecule has 0 spiro atoms. The minimum Gasteiger partial charge on any atom is -0.396 e. The highest BCUT2D eigenvalue weighted by atomic mass is 32.2. The molecular formula is C14H18N2O2S2. The Balaban J connectivity index is 2.26. The number of rotatable bonds is 6. The van der Waals surface area contributed by atoms with Crippen LogP contribution in [-0.2, 0) is 5.75 Å². The van der Waals surface area contributed by atoms with E-state index in [9.17, 15) is 4.79 Å². The van der Waals surface area contributed by atoms with Gasteiger partial charge in [-0.05, 0) is 28.7 Å². The normalized spacial score (nSPS) is 12.6. The molecule has 4 nitrogen and oxygen atoms in total. The molecule has 1 heterocycles. The van der Waals surface area contributed by atoms with E-state index in [-0.39, 0.29) is 18.4 Å². The number of nitrogens with one attached hydrogen (secondary N) is 1. The monoisotopic (exact) mass is 310 g/mol. The number of hydrogen-bond donors (Lipinski definition) is 3. The molecule has 0 fully saturated rings. The van der Waals surface area contributed by atoms with Gasteiger partial charge in [-0.2, -0.15) is 11.8 Å². The lowest BCUT2D eigenvalue weighted by atomic mass is 10.1. The number of carbonyl (C=O) groups excluding carboxylic acids is 1. The van der Waals surface area contributed by atoms with Crippen LogP contribution in [0.25, 0.3) is 10.1 Å². The van der Waals surface area contributed by atoms with Crippen LogP contribution in [0, 0.1) is 5.92 Å². The third-order valence-corrected chi connectivity index (χ3v) is 5.51. The molecule has 1 unspecified atom stereocenters. The standard InChI is InChI=1S/C14H18N2O2S2/c1-9(6-17)7-19-8-11-10-4-2-3-5-12(10)20-13(11)14(18)16-15/h2-5,9,17H,6-8,15H2,1H3,(H,16,18). The molecule has 0 saturated heterocycles. The molecule has 20 heavy (non-hydrogen) atoms. The van der Waals surface area contributed by atoms with Crippen LogP contribution >= 0.6 is 23.1 Å². The van der Waals surface area contributed by atoms with Crippen LogP contribution in [0.4, 0.5) is 0 Å². The summed E-state index contributed by atoms with van der Waals surface area (Å²) in [6.07, 6.45) is 0. The lowest BCUT2D eigenvalue weighted by Gasteiger charge is -2.08.